The maximum absolute atomic E-state index is 5.75. The van der Waals surface area contributed by atoms with E-state index in [0.717, 1.165) is 31.4 Å². The number of nitrogens with one attached hydrogen (secondary N) is 1. The summed E-state index contributed by atoms with van der Waals surface area (Å²) in [5.41, 5.74) is 1.68. The average molecular weight is 247 g/mol. The lowest BCUT2D eigenvalue weighted by Crippen LogP contribution is -2.15. The van der Waals surface area contributed by atoms with Crippen LogP contribution < -0.4 is 10.1 Å². The maximum Gasteiger partial charge on any atom is 0.119 e. The second-order valence-corrected chi connectivity index (χ2v) is 6.46. The average Bonchev–Trinajstić information content (AvgIpc) is 3.10. The van der Waals surface area contributed by atoms with Gasteiger partial charge in [-0.3, -0.25) is 0 Å². The van der Waals surface area contributed by atoms with Crippen LogP contribution in [0, 0.1) is 5.41 Å². The van der Waals surface area contributed by atoms with Crippen LogP contribution >= 0.6 is 0 Å². The number of hydrogen-bond acceptors (Lipinski definition) is 2. The summed E-state index contributed by atoms with van der Waals surface area (Å²) in [5.74, 6) is 0.981. The molecule has 0 heterocycles. The molecule has 1 fully saturated rings. The van der Waals surface area contributed by atoms with Gasteiger partial charge in [0.05, 0.1) is 6.61 Å². The molecule has 0 aliphatic heterocycles. The van der Waals surface area contributed by atoms with E-state index in [0.29, 0.717) is 5.41 Å². The lowest BCUT2D eigenvalue weighted by molar-refractivity contribution is 0.243. The molecule has 2 rings (SSSR count). The van der Waals surface area contributed by atoms with Crippen molar-refractivity contribution in [2.45, 2.75) is 52.6 Å². The van der Waals surface area contributed by atoms with Crippen molar-refractivity contribution in [3.8, 4) is 5.75 Å². The van der Waals surface area contributed by atoms with Crippen LogP contribution in [0.3, 0.4) is 0 Å². The van der Waals surface area contributed by atoms with Gasteiger partial charge < -0.3 is 10.1 Å². The lowest BCUT2D eigenvalue weighted by atomic mass is 9.93. The molecule has 0 saturated heterocycles. The highest BCUT2D eigenvalue weighted by Crippen LogP contribution is 2.21. The summed E-state index contributed by atoms with van der Waals surface area (Å²) in [4.78, 5) is 0. The molecule has 1 aromatic carbocycles. The van der Waals surface area contributed by atoms with Gasteiger partial charge in [0.15, 0.2) is 0 Å². The molecule has 1 N–H and O–H groups in total. The molecule has 2 heteroatoms. The van der Waals surface area contributed by atoms with E-state index in [1.165, 1.54) is 18.4 Å². The summed E-state index contributed by atoms with van der Waals surface area (Å²) >= 11 is 0. The highest BCUT2D eigenvalue weighted by molar-refractivity contribution is 5.27. The molecule has 0 unspecified atom stereocenters. The Morgan fingerprint density at radius 1 is 1.17 bits per heavy atom. The van der Waals surface area contributed by atoms with Gasteiger partial charge >= 0.3 is 0 Å². The van der Waals surface area contributed by atoms with E-state index in [2.05, 4.69) is 50.4 Å². The minimum atomic E-state index is 0.341. The zero-order chi connectivity index (χ0) is 13.0. The van der Waals surface area contributed by atoms with E-state index in [1.807, 2.05) is 0 Å². The third-order valence-corrected chi connectivity index (χ3v) is 3.22. The van der Waals surface area contributed by atoms with Crippen molar-refractivity contribution in [1.29, 1.82) is 0 Å². The van der Waals surface area contributed by atoms with Gasteiger partial charge in [0.2, 0.25) is 0 Å². The van der Waals surface area contributed by atoms with Gasteiger partial charge in [0, 0.05) is 12.6 Å². The molecule has 0 bridgehead atoms. The fraction of sp³-hybridized carbons (Fsp3) is 0.625. The Labute approximate surface area is 111 Å². The van der Waals surface area contributed by atoms with Crippen LogP contribution in [0.25, 0.3) is 0 Å². The minimum Gasteiger partial charge on any atom is -0.494 e. The van der Waals surface area contributed by atoms with E-state index in [4.69, 9.17) is 4.74 Å². The molecule has 1 saturated carbocycles. The molecular formula is C16H25NO. The van der Waals surface area contributed by atoms with Crippen LogP contribution in [-0.2, 0) is 6.54 Å². The molecule has 18 heavy (non-hydrogen) atoms. The van der Waals surface area contributed by atoms with E-state index in [-0.39, 0.29) is 0 Å². The van der Waals surface area contributed by atoms with Gasteiger partial charge in [-0.2, -0.15) is 0 Å². The van der Waals surface area contributed by atoms with Crippen LogP contribution in [0.4, 0.5) is 0 Å². The van der Waals surface area contributed by atoms with E-state index in [9.17, 15) is 0 Å². The Morgan fingerprint density at radius 2 is 1.83 bits per heavy atom. The Morgan fingerprint density at radius 3 is 2.39 bits per heavy atom. The first-order valence-corrected chi connectivity index (χ1v) is 6.98. The molecule has 1 aromatic rings. The highest BCUT2D eigenvalue weighted by Gasteiger charge is 2.19. The van der Waals surface area contributed by atoms with Crippen LogP contribution in [0.1, 0.15) is 45.6 Å². The predicted octanol–water partition coefficient (Wildman–Crippen LogP) is 3.75. The van der Waals surface area contributed by atoms with Crippen molar-refractivity contribution in [1.82, 2.24) is 5.32 Å². The number of rotatable bonds is 6. The topological polar surface area (TPSA) is 21.3 Å². The molecule has 1 aliphatic rings. The third-order valence-electron chi connectivity index (χ3n) is 3.22. The summed E-state index contributed by atoms with van der Waals surface area (Å²) < 4.78 is 5.75. The van der Waals surface area contributed by atoms with Crippen molar-refractivity contribution in [3.05, 3.63) is 29.8 Å². The number of ether oxygens (including phenoxy) is 1. The van der Waals surface area contributed by atoms with E-state index in [1.54, 1.807) is 0 Å². The van der Waals surface area contributed by atoms with E-state index >= 15 is 0 Å². The van der Waals surface area contributed by atoms with Gasteiger partial charge in [-0.05, 0) is 42.4 Å². The Hall–Kier alpha value is -1.02. The van der Waals surface area contributed by atoms with Gasteiger partial charge in [-0.15, -0.1) is 0 Å². The predicted molar refractivity (Wildman–Crippen MR) is 75.9 cm³/mol. The first kappa shape index (κ1) is 13.4. The van der Waals surface area contributed by atoms with Crippen LogP contribution in [0.15, 0.2) is 24.3 Å². The standard InChI is InChI=1S/C16H25NO/c1-16(2,3)10-11-18-15-8-4-13(5-9-15)12-17-14-6-7-14/h4-5,8-9,14,17H,6-7,10-12H2,1-3H3. The zero-order valence-corrected chi connectivity index (χ0v) is 11.8. The molecule has 100 valence electrons. The van der Waals surface area contributed by atoms with Crippen molar-refractivity contribution >= 4 is 0 Å². The second kappa shape index (κ2) is 5.75. The van der Waals surface area contributed by atoms with Crippen LogP contribution in [-0.4, -0.2) is 12.6 Å². The summed E-state index contributed by atoms with van der Waals surface area (Å²) in [7, 11) is 0. The first-order valence-electron chi connectivity index (χ1n) is 6.98. The number of hydrogen-bond donors (Lipinski definition) is 1. The smallest absolute Gasteiger partial charge is 0.119 e. The SMILES string of the molecule is CC(C)(C)CCOc1ccc(CNC2CC2)cc1. The maximum atomic E-state index is 5.75. The summed E-state index contributed by atoms with van der Waals surface area (Å²) in [6.45, 7) is 8.49. The highest BCUT2D eigenvalue weighted by atomic mass is 16.5. The number of benzene rings is 1. The monoisotopic (exact) mass is 247 g/mol. The molecule has 1 aliphatic carbocycles. The van der Waals surface area contributed by atoms with Gasteiger partial charge in [0.1, 0.15) is 5.75 Å². The third kappa shape index (κ3) is 5.09. The van der Waals surface area contributed by atoms with Gasteiger partial charge in [-0.25, -0.2) is 0 Å². The summed E-state index contributed by atoms with van der Waals surface area (Å²) in [5, 5.41) is 3.51. The Bertz CT molecular complexity index is 360. The Balaban J connectivity index is 1.72. The van der Waals surface area contributed by atoms with Crippen molar-refractivity contribution < 1.29 is 4.74 Å². The van der Waals surface area contributed by atoms with Crippen LogP contribution in [0.2, 0.25) is 0 Å². The molecule has 0 amide bonds. The molecule has 2 nitrogen and oxygen atoms in total. The molecule has 0 aromatic heterocycles. The summed E-state index contributed by atoms with van der Waals surface area (Å²) in [6.07, 6.45) is 3.76. The molecular weight excluding hydrogens is 222 g/mol. The van der Waals surface area contributed by atoms with Crippen molar-refractivity contribution in [2.75, 3.05) is 6.61 Å². The second-order valence-electron chi connectivity index (χ2n) is 6.46. The largest absolute Gasteiger partial charge is 0.494 e. The zero-order valence-electron chi connectivity index (χ0n) is 11.8. The minimum absolute atomic E-state index is 0.341. The molecule has 0 radical (unpaired) electrons. The van der Waals surface area contributed by atoms with E-state index < -0.39 is 0 Å². The van der Waals surface area contributed by atoms with Crippen LogP contribution in [0.5, 0.6) is 5.75 Å². The fourth-order valence-corrected chi connectivity index (χ4v) is 1.73. The Kier molecular flexibility index (Phi) is 4.28. The lowest BCUT2D eigenvalue weighted by Gasteiger charge is -2.18. The quantitative estimate of drug-likeness (QED) is 0.826. The van der Waals surface area contributed by atoms with Gasteiger partial charge in [-0.1, -0.05) is 32.9 Å². The fourth-order valence-electron chi connectivity index (χ4n) is 1.73. The molecule has 0 spiro atoms. The molecule has 0 atom stereocenters. The normalized spacial score (nSPS) is 15.7. The van der Waals surface area contributed by atoms with Crippen molar-refractivity contribution in [2.24, 2.45) is 5.41 Å². The van der Waals surface area contributed by atoms with Crippen molar-refractivity contribution in [3.63, 3.8) is 0 Å². The summed E-state index contributed by atoms with van der Waals surface area (Å²) in [6, 6.07) is 9.23. The van der Waals surface area contributed by atoms with Gasteiger partial charge in [0.25, 0.3) is 0 Å². The first-order chi connectivity index (χ1) is 8.53.